The SMILES string of the molecule is Cc1ccoc1-c1nc(C2CC2)c(Br)c(=O)[nH]1. The maximum atomic E-state index is 11.8. The highest BCUT2D eigenvalue weighted by atomic mass is 79.9. The van der Waals surface area contributed by atoms with E-state index in [1.807, 2.05) is 13.0 Å². The summed E-state index contributed by atoms with van der Waals surface area (Å²) < 4.78 is 5.90. The van der Waals surface area contributed by atoms with Crippen LogP contribution in [0, 0.1) is 6.92 Å². The fourth-order valence-corrected chi connectivity index (χ4v) is 2.34. The normalized spacial score (nSPS) is 15.2. The summed E-state index contributed by atoms with van der Waals surface area (Å²) in [5.74, 6) is 1.57. The number of nitrogens with zero attached hydrogens (tertiary/aromatic N) is 1. The first-order valence-corrected chi connectivity index (χ1v) is 6.30. The Morgan fingerprint density at radius 1 is 1.53 bits per heavy atom. The lowest BCUT2D eigenvalue weighted by molar-refractivity contribution is 0.574. The molecular formula is C12H11BrN2O2. The average Bonchev–Trinajstić information content (AvgIpc) is 3.05. The van der Waals surface area contributed by atoms with Crippen molar-refractivity contribution in [2.24, 2.45) is 0 Å². The number of aryl methyl sites for hydroxylation is 1. The highest BCUT2D eigenvalue weighted by Crippen LogP contribution is 2.41. The van der Waals surface area contributed by atoms with Crippen LogP contribution in [0.5, 0.6) is 0 Å². The van der Waals surface area contributed by atoms with Gasteiger partial charge in [0.15, 0.2) is 11.6 Å². The topological polar surface area (TPSA) is 58.9 Å². The molecule has 0 amide bonds. The van der Waals surface area contributed by atoms with Crippen LogP contribution in [-0.4, -0.2) is 9.97 Å². The van der Waals surface area contributed by atoms with Crippen LogP contribution >= 0.6 is 15.9 Å². The van der Waals surface area contributed by atoms with E-state index >= 15 is 0 Å². The number of aromatic amines is 1. The third kappa shape index (κ3) is 1.84. The van der Waals surface area contributed by atoms with E-state index in [4.69, 9.17) is 4.42 Å². The van der Waals surface area contributed by atoms with Crippen LogP contribution in [0.3, 0.4) is 0 Å². The summed E-state index contributed by atoms with van der Waals surface area (Å²) in [7, 11) is 0. The number of aromatic nitrogens is 2. The summed E-state index contributed by atoms with van der Waals surface area (Å²) >= 11 is 3.30. The molecule has 0 aliphatic heterocycles. The van der Waals surface area contributed by atoms with Gasteiger partial charge in [0.1, 0.15) is 4.47 Å². The number of furan rings is 1. The Morgan fingerprint density at radius 2 is 2.29 bits per heavy atom. The maximum absolute atomic E-state index is 11.8. The van der Waals surface area contributed by atoms with Gasteiger partial charge in [0, 0.05) is 5.92 Å². The standard InChI is InChI=1S/C12H11BrN2O2/c1-6-4-5-17-10(6)11-14-9(7-2-3-7)8(13)12(16)15-11/h4-5,7H,2-3H2,1H3,(H,14,15,16). The number of H-pyrrole nitrogens is 1. The first kappa shape index (κ1) is 10.8. The number of nitrogens with one attached hydrogen (secondary N) is 1. The zero-order valence-electron chi connectivity index (χ0n) is 9.29. The first-order valence-electron chi connectivity index (χ1n) is 5.51. The minimum Gasteiger partial charge on any atom is -0.461 e. The van der Waals surface area contributed by atoms with Crippen molar-refractivity contribution in [3.8, 4) is 11.6 Å². The quantitative estimate of drug-likeness (QED) is 0.926. The van der Waals surface area contributed by atoms with E-state index in [1.54, 1.807) is 6.26 Å². The van der Waals surface area contributed by atoms with Crippen molar-refractivity contribution < 1.29 is 4.42 Å². The molecule has 0 bridgehead atoms. The zero-order chi connectivity index (χ0) is 12.0. The molecule has 2 aromatic rings. The molecule has 1 aliphatic rings. The highest BCUT2D eigenvalue weighted by molar-refractivity contribution is 9.10. The molecule has 0 spiro atoms. The van der Waals surface area contributed by atoms with Crippen LogP contribution in [0.4, 0.5) is 0 Å². The largest absolute Gasteiger partial charge is 0.461 e. The molecule has 3 rings (SSSR count). The Kier molecular flexibility index (Phi) is 2.43. The predicted molar refractivity (Wildman–Crippen MR) is 67.0 cm³/mol. The van der Waals surface area contributed by atoms with Gasteiger partial charge < -0.3 is 9.40 Å². The van der Waals surface area contributed by atoms with E-state index in [0.29, 0.717) is 22.0 Å². The Hall–Kier alpha value is -1.36. The molecule has 2 aromatic heterocycles. The number of halogens is 1. The molecule has 0 radical (unpaired) electrons. The van der Waals surface area contributed by atoms with Crippen molar-refractivity contribution in [3.05, 3.63) is 38.4 Å². The molecule has 0 atom stereocenters. The van der Waals surface area contributed by atoms with E-state index in [0.717, 1.165) is 24.1 Å². The molecule has 2 heterocycles. The molecule has 4 nitrogen and oxygen atoms in total. The highest BCUT2D eigenvalue weighted by Gasteiger charge is 2.29. The molecule has 0 saturated heterocycles. The summed E-state index contributed by atoms with van der Waals surface area (Å²) in [5, 5.41) is 0. The predicted octanol–water partition coefficient (Wildman–Crippen LogP) is 2.98. The molecule has 1 saturated carbocycles. The minimum absolute atomic E-state index is 0.146. The van der Waals surface area contributed by atoms with Crippen LogP contribution in [0.15, 0.2) is 26.0 Å². The molecule has 17 heavy (non-hydrogen) atoms. The van der Waals surface area contributed by atoms with Gasteiger partial charge in [-0.05, 0) is 47.3 Å². The van der Waals surface area contributed by atoms with Crippen LogP contribution in [-0.2, 0) is 0 Å². The lowest BCUT2D eigenvalue weighted by Gasteiger charge is -2.04. The van der Waals surface area contributed by atoms with Gasteiger partial charge in [-0.3, -0.25) is 4.79 Å². The maximum Gasteiger partial charge on any atom is 0.265 e. The number of hydrogen-bond acceptors (Lipinski definition) is 3. The Labute approximate surface area is 106 Å². The van der Waals surface area contributed by atoms with Crippen LogP contribution in [0.25, 0.3) is 11.6 Å². The smallest absolute Gasteiger partial charge is 0.265 e. The van der Waals surface area contributed by atoms with Crippen molar-refractivity contribution >= 4 is 15.9 Å². The van der Waals surface area contributed by atoms with Gasteiger partial charge >= 0.3 is 0 Å². The van der Waals surface area contributed by atoms with Crippen LogP contribution < -0.4 is 5.56 Å². The van der Waals surface area contributed by atoms with E-state index < -0.39 is 0 Å². The van der Waals surface area contributed by atoms with E-state index in [-0.39, 0.29) is 5.56 Å². The van der Waals surface area contributed by atoms with Crippen molar-refractivity contribution in [3.63, 3.8) is 0 Å². The van der Waals surface area contributed by atoms with Gasteiger partial charge in [0.25, 0.3) is 5.56 Å². The number of hydrogen-bond donors (Lipinski definition) is 1. The van der Waals surface area contributed by atoms with Crippen LogP contribution in [0.1, 0.15) is 30.0 Å². The van der Waals surface area contributed by atoms with Crippen LogP contribution in [0.2, 0.25) is 0 Å². The van der Waals surface area contributed by atoms with Gasteiger partial charge in [-0.25, -0.2) is 4.98 Å². The summed E-state index contributed by atoms with van der Waals surface area (Å²) in [6.07, 6.45) is 3.81. The molecular weight excluding hydrogens is 284 g/mol. The zero-order valence-corrected chi connectivity index (χ0v) is 10.9. The summed E-state index contributed by atoms with van der Waals surface area (Å²) in [6.45, 7) is 1.93. The molecule has 1 N–H and O–H groups in total. The molecule has 0 aromatic carbocycles. The van der Waals surface area contributed by atoms with Crippen molar-refractivity contribution in [2.75, 3.05) is 0 Å². The molecule has 0 unspecified atom stereocenters. The lowest BCUT2D eigenvalue weighted by Crippen LogP contribution is -2.13. The Morgan fingerprint density at radius 3 is 2.88 bits per heavy atom. The second-order valence-electron chi connectivity index (χ2n) is 4.32. The monoisotopic (exact) mass is 294 g/mol. The first-order chi connectivity index (χ1) is 8.16. The van der Waals surface area contributed by atoms with Crippen molar-refractivity contribution in [1.29, 1.82) is 0 Å². The van der Waals surface area contributed by atoms with Gasteiger partial charge in [-0.2, -0.15) is 0 Å². The molecule has 1 fully saturated rings. The minimum atomic E-state index is -0.146. The fourth-order valence-electron chi connectivity index (χ4n) is 1.83. The van der Waals surface area contributed by atoms with Gasteiger partial charge in [0.2, 0.25) is 0 Å². The van der Waals surface area contributed by atoms with Gasteiger partial charge in [-0.15, -0.1) is 0 Å². The number of rotatable bonds is 2. The van der Waals surface area contributed by atoms with E-state index in [2.05, 4.69) is 25.9 Å². The third-order valence-electron chi connectivity index (χ3n) is 2.93. The molecule has 88 valence electrons. The van der Waals surface area contributed by atoms with E-state index in [9.17, 15) is 4.79 Å². The second kappa shape index (κ2) is 3.84. The summed E-state index contributed by atoms with van der Waals surface area (Å²) in [4.78, 5) is 19.1. The summed E-state index contributed by atoms with van der Waals surface area (Å²) in [5.41, 5.74) is 1.67. The van der Waals surface area contributed by atoms with Gasteiger partial charge in [0.05, 0.1) is 12.0 Å². The second-order valence-corrected chi connectivity index (χ2v) is 5.11. The summed E-state index contributed by atoms with van der Waals surface area (Å²) in [6, 6.07) is 1.86. The Bertz CT molecular complexity index is 626. The Balaban J connectivity index is 2.18. The average molecular weight is 295 g/mol. The molecule has 5 heteroatoms. The third-order valence-corrected chi connectivity index (χ3v) is 3.70. The lowest BCUT2D eigenvalue weighted by atomic mass is 10.2. The van der Waals surface area contributed by atoms with Crippen molar-refractivity contribution in [2.45, 2.75) is 25.7 Å². The van der Waals surface area contributed by atoms with Gasteiger partial charge in [-0.1, -0.05) is 0 Å². The molecule has 1 aliphatic carbocycles. The fraction of sp³-hybridized carbons (Fsp3) is 0.333. The van der Waals surface area contributed by atoms with E-state index in [1.165, 1.54) is 0 Å². The van der Waals surface area contributed by atoms with Crippen molar-refractivity contribution in [1.82, 2.24) is 9.97 Å².